The van der Waals surface area contributed by atoms with Crippen molar-refractivity contribution >= 4 is 29.0 Å². The molecule has 1 aromatic carbocycles. The molecular formula is C13H15N5O2. The van der Waals surface area contributed by atoms with Gasteiger partial charge in [-0.1, -0.05) is 0 Å². The number of ether oxygens (including phenoxy) is 1. The lowest BCUT2D eigenvalue weighted by atomic mass is 10.2. The molecule has 0 saturated heterocycles. The summed E-state index contributed by atoms with van der Waals surface area (Å²) in [6.45, 7) is 1.45. The summed E-state index contributed by atoms with van der Waals surface area (Å²) >= 11 is 0. The van der Waals surface area contributed by atoms with Crippen molar-refractivity contribution in [1.82, 2.24) is 9.97 Å². The Bertz CT molecular complexity index is 630. The van der Waals surface area contributed by atoms with Crippen molar-refractivity contribution in [3.05, 3.63) is 30.5 Å². The second kappa shape index (κ2) is 5.87. The van der Waals surface area contributed by atoms with Gasteiger partial charge in [0.1, 0.15) is 11.6 Å². The van der Waals surface area contributed by atoms with Gasteiger partial charge < -0.3 is 21.1 Å². The number of carbonyl (C=O) groups is 1. The standard InChI is InChI=1S/C13H15N5O2/c1-8(19)16-9-3-4-10(11(7-9)20-2)17-12-5-6-15-13(14)18-12/h3-7H,1-2H3,(H,16,19)(H3,14,15,17,18). The van der Waals surface area contributed by atoms with E-state index in [1.54, 1.807) is 37.6 Å². The van der Waals surface area contributed by atoms with E-state index in [0.717, 1.165) is 0 Å². The fourth-order valence-corrected chi connectivity index (χ4v) is 1.66. The summed E-state index contributed by atoms with van der Waals surface area (Å²) in [5.74, 6) is 1.18. The fraction of sp³-hybridized carbons (Fsp3) is 0.154. The van der Waals surface area contributed by atoms with Crippen LogP contribution in [0.25, 0.3) is 0 Å². The summed E-state index contributed by atoms with van der Waals surface area (Å²) in [5, 5.41) is 5.76. The van der Waals surface area contributed by atoms with Crippen LogP contribution in [0.2, 0.25) is 0 Å². The number of nitrogens with one attached hydrogen (secondary N) is 2. The number of hydrogen-bond donors (Lipinski definition) is 3. The van der Waals surface area contributed by atoms with E-state index in [2.05, 4.69) is 20.6 Å². The molecule has 7 nitrogen and oxygen atoms in total. The Labute approximate surface area is 116 Å². The molecule has 0 aliphatic heterocycles. The number of carbonyl (C=O) groups excluding carboxylic acids is 1. The second-order valence-corrected chi connectivity index (χ2v) is 4.02. The van der Waals surface area contributed by atoms with E-state index in [1.165, 1.54) is 6.92 Å². The van der Waals surface area contributed by atoms with Gasteiger partial charge >= 0.3 is 0 Å². The highest BCUT2D eigenvalue weighted by atomic mass is 16.5. The number of methoxy groups -OCH3 is 1. The molecule has 2 rings (SSSR count). The molecule has 0 aliphatic carbocycles. The number of nitrogens with two attached hydrogens (primary N) is 1. The van der Waals surface area contributed by atoms with Gasteiger partial charge in [0.2, 0.25) is 11.9 Å². The number of anilines is 4. The largest absolute Gasteiger partial charge is 0.494 e. The van der Waals surface area contributed by atoms with Crippen LogP contribution < -0.4 is 21.1 Å². The lowest BCUT2D eigenvalue weighted by Crippen LogP contribution is -2.06. The minimum atomic E-state index is -0.142. The van der Waals surface area contributed by atoms with E-state index in [9.17, 15) is 4.79 Å². The van der Waals surface area contributed by atoms with Crippen LogP contribution in [-0.2, 0) is 4.79 Å². The van der Waals surface area contributed by atoms with Crippen molar-refractivity contribution < 1.29 is 9.53 Å². The van der Waals surface area contributed by atoms with Gasteiger partial charge in [0.25, 0.3) is 0 Å². The molecule has 7 heteroatoms. The van der Waals surface area contributed by atoms with Crippen LogP contribution in [0.5, 0.6) is 5.75 Å². The van der Waals surface area contributed by atoms with Crippen molar-refractivity contribution in [2.24, 2.45) is 0 Å². The zero-order valence-corrected chi connectivity index (χ0v) is 11.2. The van der Waals surface area contributed by atoms with Gasteiger partial charge in [0, 0.05) is 24.9 Å². The van der Waals surface area contributed by atoms with Crippen LogP contribution in [-0.4, -0.2) is 23.0 Å². The Balaban J connectivity index is 2.25. The summed E-state index contributed by atoms with van der Waals surface area (Å²) in [4.78, 5) is 18.9. The van der Waals surface area contributed by atoms with E-state index in [4.69, 9.17) is 10.5 Å². The number of benzene rings is 1. The Morgan fingerprint density at radius 3 is 2.80 bits per heavy atom. The summed E-state index contributed by atoms with van der Waals surface area (Å²) < 4.78 is 5.28. The number of nitrogen functional groups attached to an aromatic ring is 1. The normalized spacial score (nSPS) is 9.90. The molecule has 0 atom stereocenters. The van der Waals surface area contributed by atoms with Gasteiger partial charge in [0.15, 0.2) is 0 Å². The molecule has 1 aromatic heterocycles. The maximum Gasteiger partial charge on any atom is 0.221 e. The van der Waals surface area contributed by atoms with Crippen LogP contribution >= 0.6 is 0 Å². The topological polar surface area (TPSA) is 102 Å². The van der Waals surface area contributed by atoms with Gasteiger partial charge in [0.05, 0.1) is 12.8 Å². The first kappa shape index (κ1) is 13.6. The van der Waals surface area contributed by atoms with Crippen LogP contribution in [0.4, 0.5) is 23.1 Å². The van der Waals surface area contributed by atoms with Gasteiger partial charge in [-0.3, -0.25) is 4.79 Å². The maximum absolute atomic E-state index is 11.0. The van der Waals surface area contributed by atoms with E-state index >= 15 is 0 Å². The van der Waals surface area contributed by atoms with E-state index in [1.807, 2.05) is 0 Å². The van der Waals surface area contributed by atoms with E-state index in [0.29, 0.717) is 22.9 Å². The molecule has 1 heterocycles. The molecule has 0 radical (unpaired) electrons. The molecule has 0 saturated carbocycles. The Morgan fingerprint density at radius 2 is 2.15 bits per heavy atom. The molecule has 2 aromatic rings. The molecule has 0 unspecified atom stereocenters. The highest BCUT2D eigenvalue weighted by molar-refractivity contribution is 5.89. The van der Waals surface area contributed by atoms with Gasteiger partial charge in [-0.2, -0.15) is 4.98 Å². The lowest BCUT2D eigenvalue weighted by Gasteiger charge is -2.12. The van der Waals surface area contributed by atoms with Crippen LogP contribution in [0.3, 0.4) is 0 Å². The predicted molar refractivity (Wildman–Crippen MR) is 77.0 cm³/mol. The quantitative estimate of drug-likeness (QED) is 0.784. The minimum absolute atomic E-state index is 0.142. The molecule has 1 amide bonds. The van der Waals surface area contributed by atoms with Gasteiger partial charge in [-0.05, 0) is 18.2 Å². The third-order valence-corrected chi connectivity index (χ3v) is 2.46. The predicted octanol–water partition coefficient (Wildman–Crippen LogP) is 1.77. The number of rotatable bonds is 4. The zero-order valence-electron chi connectivity index (χ0n) is 11.2. The van der Waals surface area contributed by atoms with Gasteiger partial charge in [-0.15, -0.1) is 0 Å². The van der Waals surface area contributed by atoms with Crippen molar-refractivity contribution in [2.75, 3.05) is 23.5 Å². The number of hydrogen-bond acceptors (Lipinski definition) is 6. The molecule has 104 valence electrons. The average molecular weight is 273 g/mol. The summed E-state index contributed by atoms with van der Waals surface area (Å²) in [6.07, 6.45) is 1.56. The highest BCUT2D eigenvalue weighted by Crippen LogP contribution is 2.30. The third kappa shape index (κ3) is 3.35. The van der Waals surface area contributed by atoms with Crippen LogP contribution in [0, 0.1) is 0 Å². The van der Waals surface area contributed by atoms with Crippen molar-refractivity contribution in [3.63, 3.8) is 0 Å². The van der Waals surface area contributed by atoms with E-state index < -0.39 is 0 Å². The Morgan fingerprint density at radius 1 is 1.35 bits per heavy atom. The minimum Gasteiger partial charge on any atom is -0.494 e. The monoisotopic (exact) mass is 273 g/mol. The van der Waals surface area contributed by atoms with Crippen LogP contribution in [0.1, 0.15) is 6.92 Å². The maximum atomic E-state index is 11.0. The zero-order chi connectivity index (χ0) is 14.5. The van der Waals surface area contributed by atoms with Crippen LogP contribution in [0.15, 0.2) is 30.5 Å². The first-order valence-electron chi connectivity index (χ1n) is 5.89. The second-order valence-electron chi connectivity index (χ2n) is 4.02. The molecule has 0 bridgehead atoms. The van der Waals surface area contributed by atoms with Crippen molar-refractivity contribution in [3.8, 4) is 5.75 Å². The average Bonchev–Trinajstić information content (AvgIpc) is 2.40. The smallest absolute Gasteiger partial charge is 0.221 e. The molecule has 4 N–H and O–H groups in total. The number of amides is 1. The molecule has 20 heavy (non-hydrogen) atoms. The van der Waals surface area contributed by atoms with Crippen molar-refractivity contribution in [1.29, 1.82) is 0 Å². The highest BCUT2D eigenvalue weighted by Gasteiger charge is 2.06. The van der Waals surface area contributed by atoms with Gasteiger partial charge in [-0.25, -0.2) is 4.98 Å². The molecule has 0 spiro atoms. The molecule has 0 fully saturated rings. The Hall–Kier alpha value is -2.83. The first-order chi connectivity index (χ1) is 9.58. The Kier molecular flexibility index (Phi) is 3.99. The first-order valence-corrected chi connectivity index (χ1v) is 5.89. The number of nitrogens with zero attached hydrogens (tertiary/aromatic N) is 2. The van der Waals surface area contributed by atoms with E-state index in [-0.39, 0.29) is 11.9 Å². The molecular weight excluding hydrogens is 258 g/mol. The fourth-order valence-electron chi connectivity index (χ4n) is 1.66. The van der Waals surface area contributed by atoms with Crippen molar-refractivity contribution in [2.45, 2.75) is 6.92 Å². The number of aromatic nitrogens is 2. The summed E-state index contributed by atoms with van der Waals surface area (Å²) in [7, 11) is 1.55. The SMILES string of the molecule is COc1cc(NC(C)=O)ccc1Nc1ccnc(N)n1. The third-order valence-electron chi connectivity index (χ3n) is 2.46. The molecule has 0 aliphatic rings. The lowest BCUT2D eigenvalue weighted by molar-refractivity contribution is -0.114. The summed E-state index contributed by atoms with van der Waals surface area (Å²) in [5.41, 5.74) is 6.88. The summed E-state index contributed by atoms with van der Waals surface area (Å²) in [6, 6.07) is 6.95.